The first-order valence-electron chi connectivity index (χ1n) is 8.77. The van der Waals surface area contributed by atoms with Gasteiger partial charge in [-0.15, -0.1) is 5.10 Å². The van der Waals surface area contributed by atoms with Crippen LogP contribution in [0.5, 0.6) is 0 Å². The molecular weight excluding hydrogens is 356 g/mol. The van der Waals surface area contributed by atoms with Crippen molar-refractivity contribution in [3.63, 3.8) is 0 Å². The van der Waals surface area contributed by atoms with E-state index in [0.29, 0.717) is 24.4 Å². The number of rotatable bonds is 5. The number of anilines is 1. The molecule has 0 aliphatic carbocycles. The Labute approximate surface area is 160 Å². The highest BCUT2D eigenvalue weighted by Gasteiger charge is 2.08. The number of fused-ring (bicyclic) bond motifs is 1. The lowest BCUT2D eigenvalue weighted by Crippen LogP contribution is -2.28. The molecule has 2 N–H and O–H groups in total. The number of benzene rings is 1. The van der Waals surface area contributed by atoms with Crippen molar-refractivity contribution >= 4 is 17.4 Å². The fourth-order valence-electron chi connectivity index (χ4n) is 2.84. The Bertz CT molecular complexity index is 1170. The van der Waals surface area contributed by atoms with Gasteiger partial charge in [0, 0.05) is 18.1 Å². The summed E-state index contributed by atoms with van der Waals surface area (Å²) in [6, 6.07) is 17.9. The second kappa shape index (κ2) is 7.75. The highest BCUT2D eigenvalue weighted by atomic mass is 16.2. The molecule has 8 heteroatoms. The Morgan fingerprint density at radius 3 is 2.75 bits per heavy atom. The van der Waals surface area contributed by atoms with E-state index in [1.165, 1.54) is 9.08 Å². The molecule has 0 unspecified atom stereocenters. The van der Waals surface area contributed by atoms with Crippen LogP contribution in [0, 0.1) is 0 Å². The van der Waals surface area contributed by atoms with Gasteiger partial charge in [-0.05, 0) is 42.0 Å². The minimum Gasteiger partial charge on any atom is -0.332 e. The minimum absolute atomic E-state index is 0.206. The maximum Gasteiger partial charge on any atom is 0.350 e. The van der Waals surface area contributed by atoms with E-state index < -0.39 is 0 Å². The van der Waals surface area contributed by atoms with Gasteiger partial charge in [0.15, 0.2) is 5.65 Å². The summed E-state index contributed by atoms with van der Waals surface area (Å²) < 4.78 is 2.89. The molecule has 0 atom stereocenters. The Morgan fingerprint density at radius 1 is 1.04 bits per heavy atom. The molecule has 0 aliphatic rings. The van der Waals surface area contributed by atoms with Gasteiger partial charge in [-0.1, -0.05) is 24.3 Å². The van der Waals surface area contributed by atoms with Crippen molar-refractivity contribution in [1.82, 2.24) is 24.5 Å². The normalized spacial score (nSPS) is 10.7. The van der Waals surface area contributed by atoms with Crippen LogP contribution in [0.1, 0.15) is 11.3 Å². The molecule has 3 aromatic heterocycles. The van der Waals surface area contributed by atoms with Crippen LogP contribution in [-0.4, -0.2) is 25.2 Å². The van der Waals surface area contributed by atoms with Crippen LogP contribution in [0.15, 0.2) is 77.9 Å². The second-order valence-corrected chi connectivity index (χ2v) is 6.20. The summed E-state index contributed by atoms with van der Waals surface area (Å²) in [4.78, 5) is 28.7. The average Bonchev–Trinajstić information content (AvgIpc) is 3.03. The number of carbonyl (C=O) groups is 1. The van der Waals surface area contributed by atoms with Gasteiger partial charge in [-0.25, -0.2) is 14.3 Å². The number of pyridine rings is 2. The van der Waals surface area contributed by atoms with Crippen molar-refractivity contribution in [2.45, 2.75) is 13.1 Å². The van der Waals surface area contributed by atoms with Crippen LogP contribution in [0.25, 0.3) is 5.65 Å². The van der Waals surface area contributed by atoms with E-state index in [1.54, 1.807) is 30.6 Å². The lowest BCUT2D eigenvalue weighted by Gasteiger charge is -2.09. The Morgan fingerprint density at radius 2 is 1.93 bits per heavy atom. The second-order valence-electron chi connectivity index (χ2n) is 6.20. The fraction of sp³-hybridized carbons (Fsp3) is 0.100. The first kappa shape index (κ1) is 17.5. The zero-order chi connectivity index (χ0) is 19.3. The number of amides is 2. The van der Waals surface area contributed by atoms with Crippen molar-refractivity contribution in [1.29, 1.82) is 0 Å². The van der Waals surface area contributed by atoms with E-state index in [9.17, 15) is 9.59 Å². The van der Waals surface area contributed by atoms with Gasteiger partial charge in [0.2, 0.25) is 0 Å². The van der Waals surface area contributed by atoms with Gasteiger partial charge in [-0.2, -0.15) is 0 Å². The average molecular weight is 374 g/mol. The summed E-state index contributed by atoms with van der Waals surface area (Å²) in [6.45, 7) is 0.647. The lowest BCUT2D eigenvalue weighted by molar-refractivity contribution is 0.251. The highest BCUT2D eigenvalue weighted by Crippen LogP contribution is 2.11. The first-order chi connectivity index (χ1) is 13.7. The van der Waals surface area contributed by atoms with E-state index in [1.807, 2.05) is 42.5 Å². The van der Waals surface area contributed by atoms with Crippen molar-refractivity contribution in [3.8, 4) is 0 Å². The molecule has 1 aromatic carbocycles. The first-order valence-corrected chi connectivity index (χ1v) is 8.77. The molecule has 4 rings (SSSR count). The van der Waals surface area contributed by atoms with Gasteiger partial charge in [-0.3, -0.25) is 9.38 Å². The van der Waals surface area contributed by atoms with E-state index in [4.69, 9.17) is 0 Å². The predicted octanol–water partition coefficient (Wildman–Crippen LogP) is 2.26. The van der Waals surface area contributed by atoms with Crippen LogP contribution < -0.4 is 16.3 Å². The Kier molecular flexibility index (Phi) is 4.83. The molecule has 8 nitrogen and oxygen atoms in total. The lowest BCUT2D eigenvalue weighted by atomic mass is 10.2. The molecule has 0 bridgehead atoms. The molecule has 0 fully saturated rings. The smallest absolute Gasteiger partial charge is 0.332 e. The molecule has 0 saturated heterocycles. The van der Waals surface area contributed by atoms with Crippen molar-refractivity contribution in [2.75, 3.05) is 5.32 Å². The number of carbonyl (C=O) groups excluding carboxylic acids is 1. The van der Waals surface area contributed by atoms with E-state index >= 15 is 0 Å². The molecule has 0 radical (unpaired) electrons. The number of hydrogen-bond acceptors (Lipinski definition) is 4. The molecule has 4 aromatic rings. The number of nitrogens with zero attached hydrogens (tertiary/aromatic N) is 4. The maximum absolute atomic E-state index is 12.4. The summed E-state index contributed by atoms with van der Waals surface area (Å²) in [5.41, 5.74) is 2.65. The molecule has 3 heterocycles. The summed E-state index contributed by atoms with van der Waals surface area (Å²) >= 11 is 0. The molecule has 28 heavy (non-hydrogen) atoms. The van der Waals surface area contributed by atoms with Gasteiger partial charge < -0.3 is 10.6 Å². The summed E-state index contributed by atoms with van der Waals surface area (Å²) in [5, 5.41) is 9.87. The molecule has 0 saturated carbocycles. The van der Waals surface area contributed by atoms with Crippen LogP contribution in [-0.2, 0) is 13.1 Å². The molecule has 140 valence electrons. The quantitative estimate of drug-likeness (QED) is 0.560. The highest BCUT2D eigenvalue weighted by molar-refractivity contribution is 5.89. The zero-order valence-electron chi connectivity index (χ0n) is 14.9. The van der Waals surface area contributed by atoms with Crippen molar-refractivity contribution in [2.24, 2.45) is 0 Å². The number of urea groups is 1. The van der Waals surface area contributed by atoms with Crippen LogP contribution in [0.4, 0.5) is 10.5 Å². The zero-order valence-corrected chi connectivity index (χ0v) is 14.9. The van der Waals surface area contributed by atoms with Gasteiger partial charge in [0.05, 0.1) is 18.8 Å². The maximum atomic E-state index is 12.4. The summed E-state index contributed by atoms with van der Waals surface area (Å²) in [6.07, 6.45) is 3.37. The number of aromatic nitrogens is 4. The summed E-state index contributed by atoms with van der Waals surface area (Å²) in [5.74, 6) is 0. The van der Waals surface area contributed by atoms with E-state index in [0.717, 1.165) is 11.3 Å². The third kappa shape index (κ3) is 3.90. The molecular formula is C20H18N6O2. The van der Waals surface area contributed by atoms with E-state index in [2.05, 4.69) is 20.7 Å². The van der Waals surface area contributed by atoms with Gasteiger partial charge in [0.1, 0.15) is 0 Å². The number of nitrogens with one attached hydrogen (secondary N) is 2. The predicted molar refractivity (Wildman–Crippen MR) is 105 cm³/mol. The Hall–Kier alpha value is -3.94. The third-order valence-corrected chi connectivity index (χ3v) is 4.16. The van der Waals surface area contributed by atoms with Crippen LogP contribution >= 0.6 is 0 Å². The largest absolute Gasteiger partial charge is 0.350 e. The van der Waals surface area contributed by atoms with Gasteiger partial charge in [0.25, 0.3) is 0 Å². The van der Waals surface area contributed by atoms with E-state index in [-0.39, 0.29) is 11.7 Å². The molecule has 0 aliphatic heterocycles. The SMILES string of the molecule is O=C(NCc1ccccn1)Nc1cccc(Cn2nc3ccccn3c2=O)c1. The van der Waals surface area contributed by atoms with Crippen molar-refractivity contribution < 1.29 is 4.79 Å². The summed E-state index contributed by atoms with van der Waals surface area (Å²) in [7, 11) is 0. The van der Waals surface area contributed by atoms with Gasteiger partial charge >= 0.3 is 11.7 Å². The standard InChI is InChI=1S/C20H18N6O2/c27-19(22-13-17-7-1-3-10-21-17)23-16-8-5-6-15(12-16)14-26-20(28)25-11-4-2-9-18(25)24-26/h1-12H,13-14H2,(H2,22,23,27). The van der Waals surface area contributed by atoms with Crippen molar-refractivity contribution in [3.05, 3.63) is 94.8 Å². The fourth-order valence-corrected chi connectivity index (χ4v) is 2.84. The molecule has 2 amide bonds. The van der Waals surface area contributed by atoms with Crippen LogP contribution in [0.3, 0.4) is 0 Å². The third-order valence-electron chi connectivity index (χ3n) is 4.16. The topological polar surface area (TPSA) is 93.3 Å². The van der Waals surface area contributed by atoms with Crippen LogP contribution in [0.2, 0.25) is 0 Å². The minimum atomic E-state index is -0.326. The molecule has 0 spiro atoms. The Balaban J connectivity index is 1.43. The monoisotopic (exact) mass is 374 g/mol. The number of hydrogen-bond donors (Lipinski definition) is 2.